The number of carbonyl (C=O) groups excluding carboxylic acids is 2. The number of hydrogen-bond donors (Lipinski definition) is 1. The number of likely N-dealkylation sites (tertiary alicyclic amines) is 1. The summed E-state index contributed by atoms with van der Waals surface area (Å²) in [6.07, 6.45) is 0.466. The van der Waals surface area contributed by atoms with E-state index in [4.69, 9.17) is 9.47 Å². The molecule has 3 rings (SSSR count). The Morgan fingerprint density at radius 1 is 1.14 bits per heavy atom. The molecule has 1 amide bonds. The first kappa shape index (κ1) is 20.5. The number of aliphatic hydroxyl groups is 1. The predicted molar refractivity (Wildman–Crippen MR) is 105 cm³/mol. The van der Waals surface area contributed by atoms with Crippen LogP contribution in [-0.2, 0) is 14.3 Å². The fourth-order valence-corrected chi connectivity index (χ4v) is 3.44. The van der Waals surface area contributed by atoms with Gasteiger partial charge in [-0.05, 0) is 24.6 Å². The molecule has 2 aromatic carbocycles. The van der Waals surface area contributed by atoms with Gasteiger partial charge in [-0.25, -0.2) is 4.39 Å². The Bertz CT molecular complexity index is 956. The standard InChI is InChI=1S/C22H22FNO5/c1-28-12-6-11-24-19(16-9-3-4-10-17(16)23)18(21(26)22(24)27)20(25)14-7-5-8-15(13-14)29-2/h3-5,7-10,13,19,25H,6,11-12H2,1-2H3/b20-18-. The monoisotopic (exact) mass is 399 g/mol. The van der Waals surface area contributed by atoms with Gasteiger partial charge in [0.2, 0.25) is 0 Å². The summed E-state index contributed by atoms with van der Waals surface area (Å²) in [5.74, 6) is -2.09. The number of rotatable bonds is 7. The molecule has 0 spiro atoms. The van der Waals surface area contributed by atoms with E-state index in [1.54, 1.807) is 30.3 Å². The molecule has 2 aromatic rings. The van der Waals surface area contributed by atoms with Crippen LogP contribution in [0.3, 0.4) is 0 Å². The second-order valence-electron chi connectivity index (χ2n) is 6.59. The third-order valence-electron chi connectivity index (χ3n) is 4.83. The number of aliphatic hydroxyl groups excluding tert-OH is 1. The summed E-state index contributed by atoms with van der Waals surface area (Å²) in [6.45, 7) is 0.565. The molecular formula is C22H22FNO5. The Morgan fingerprint density at radius 3 is 2.59 bits per heavy atom. The highest BCUT2D eigenvalue weighted by Crippen LogP contribution is 2.40. The van der Waals surface area contributed by atoms with Crippen molar-refractivity contribution >= 4 is 17.4 Å². The quantitative estimate of drug-likeness (QED) is 0.335. The van der Waals surface area contributed by atoms with Gasteiger partial charge in [-0.1, -0.05) is 30.3 Å². The molecule has 1 atom stereocenters. The van der Waals surface area contributed by atoms with Gasteiger partial charge >= 0.3 is 0 Å². The maximum Gasteiger partial charge on any atom is 0.295 e. The summed E-state index contributed by atoms with van der Waals surface area (Å²) in [7, 11) is 3.01. The summed E-state index contributed by atoms with van der Waals surface area (Å²) in [5, 5.41) is 10.9. The summed E-state index contributed by atoms with van der Waals surface area (Å²) in [6, 6.07) is 11.4. The third kappa shape index (κ3) is 4.00. The molecular weight excluding hydrogens is 377 g/mol. The van der Waals surface area contributed by atoms with E-state index >= 15 is 0 Å². The van der Waals surface area contributed by atoms with Gasteiger partial charge in [0.25, 0.3) is 11.7 Å². The van der Waals surface area contributed by atoms with Gasteiger partial charge in [0.1, 0.15) is 17.3 Å². The van der Waals surface area contributed by atoms with Gasteiger partial charge in [-0.2, -0.15) is 0 Å². The Labute approximate surface area is 168 Å². The van der Waals surface area contributed by atoms with E-state index in [0.717, 1.165) is 0 Å². The number of ketones is 1. The van der Waals surface area contributed by atoms with E-state index in [1.807, 2.05) is 0 Å². The lowest BCUT2D eigenvalue weighted by molar-refractivity contribution is -0.140. The second kappa shape index (κ2) is 8.87. The number of carbonyl (C=O) groups is 2. The van der Waals surface area contributed by atoms with E-state index in [1.165, 1.54) is 37.3 Å². The minimum absolute atomic E-state index is 0.147. The minimum Gasteiger partial charge on any atom is -0.507 e. The first-order valence-electron chi connectivity index (χ1n) is 9.15. The molecule has 1 unspecified atom stereocenters. The maximum absolute atomic E-state index is 14.6. The fraction of sp³-hybridized carbons (Fsp3) is 0.273. The molecule has 1 N–H and O–H groups in total. The van der Waals surface area contributed by atoms with E-state index in [0.29, 0.717) is 24.3 Å². The van der Waals surface area contributed by atoms with E-state index in [2.05, 4.69) is 0 Å². The lowest BCUT2D eigenvalue weighted by Crippen LogP contribution is -2.31. The molecule has 1 fully saturated rings. The molecule has 1 saturated heterocycles. The lowest BCUT2D eigenvalue weighted by atomic mass is 9.95. The molecule has 0 bridgehead atoms. The van der Waals surface area contributed by atoms with Crippen molar-refractivity contribution in [1.29, 1.82) is 0 Å². The van der Waals surface area contributed by atoms with Crippen molar-refractivity contribution in [2.24, 2.45) is 0 Å². The van der Waals surface area contributed by atoms with Crippen molar-refractivity contribution < 1.29 is 28.6 Å². The van der Waals surface area contributed by atoms with E-state index in [-0.39, 0.29) is 23.4 Å². The Morgan fingerprint density at radius 2 is 1.90 bits per heavy atom. The first-order chi connectivity index (χ1) is 14.0. The molecule has 1 aliphatic heterocycles. The van der Waals surface area contributed by atoms with Crippen LogP contribution < -0.4 is 4.74 Å². The summed E-state index contributed by atoms with van der Waals surface area (Å²) < 4.78 is 24.8. The molecule has 1 heterocycles. The van der Waals surface area contributed by atoms with Crippen LogP contribution in [0.4, 0.5) is 4.39 Å². The lowest BCUT2D eigenvalue weighted by Gasteiger charge is -2.25. The second-order valence-corrected chi connectivity index (χ2v) is 6.59. The molecule has 0 radical (unpaired) electrons. The average Bonchev–Trinajstić information content (AvgIpc) is 2.98. The third-order valence-corrected chi connectivity index (χ3v) is 4.83. The highest BCUT2D eigenvalue weighted by Gasteiger charge is 2.46. The van der Waals surface area contributed by atoms with Crippen molar-refractivity contribution in [3.05, 3.63) is 71.0 Å². The number of nitrogens with zero attached hydrogens (tertiary/aromatic N) is 1. The van der Waals surface area contributed by atoms with Crippen LogP contribution >= 0.6 is 0 Å². The smallest absolute Gasteiger partial charge is 0.295 e. The SMILES string of the molecule is COCCCN1C(=O)C(=O)/C(=C(\O)c2cccc(OC)c2)C1c1ccccc1F. The maximum atomic E-state index is 14.6. The van der Waals surface area contributed by atoms with Crippen LogP contribution in [0.5, 0.6) is 5.75 Å². The number of amides is 1. The van der Waals surface area contributed by atoms with Crippen molar-refractivity contribution in [2.45, 2.75) is 12.5 Å². The molecule has 7 heteroatoms. The van der Waals surface area contributed by atoms with Gasteiger partial charge in [0, 0.05) is 31.4 Å². The first-order valence-corrected chi connectivity index (χ1v) is 9.15. The highest BCUT2D eigenvalue weighted by molar-refractivity contribution is 6.46. The Hall–Kier alpha value is -3.19. The number of benzene rings is 2. The predicted octanol–water partition coefficient (Wildman–Crippen LogP) is 3.29. The minimum atomic E-state index is -1.03. The number of ether oxygens (including phenoxy) is 2. The average molecular weight is 399 g/mol. The normalized spacial score (nSPS) is 18.3. The van der Waals surface area contributed by atoms with Crippen LogP contribution in [0, 0.1) is 5.82 Å². The molecule has 29 heavy (non-hydrogen) atoms. The van der Waals surface area contributed by atoms with E-state index < -0.39 is 23.5 Å². The topological polar surface area (TPSA) is 76.1 Å². The van der Waals surface area contributed by atoms with Gasteiger partial charge in [0.05, 0.1) is 18.7 Å². The van der Waals surface area contributed by atoms with Gasteiger partial charge < -0.3 is 19.5 Å². The molecule has 6 nitrogen and oxygen atoms in total. The van der Waals surface area contributed by atoms with Crippen LogP contribution in [0.25, 0.3) is 5.76 Å². The number of halogens is 1. The summed E-state index contributed by atoms with van der Waals surface area (Å²) >= 11 is 0. The zero-order chi connectivity index (χ0) is 21.0. The largest absolute Gasteiger partial charge is 0.507 e. The van der Waals surface area contributed by atoms with Crippen LogP contribution in [0.2, 0.25) is 0 Å². The molecule has 0 aliphatic carbocycles. The van der Waals surface area contributed by atoms with Crippen LogP contribution in [0.15, 0.2) is 54.1 Å². The molecule has 0 saturated carbocycles. The molecule has 0 aromatic heterocycles. The highest BCUT2D eigenvalue weighted by atomic mass is 19.1. The Kier molecular flexibility index (Phi) is 6.29. The summed E-state index contributed by atoms with van der Waals surface area (Å²) in [5.41, 5.74) is 0.305. The number of hydrogen-bond acceptors (Lipinski definition) is 5. The fourth-order valence-electron chi connectivity index (χ4n) is 3.44. The van der Waals surface area contributed by atoms with Crippen molar-refractivity contribution in [3.8, 4) is 5.75 Å². The Balaban J connectivity index is 2.15. The summed E-state index contributed by atoms with van der Waals surface area (Å²) in [4.78, 5) is 26.8. The van der Waals surface area contributed by atoms with Gasteiger partial charge in [-0.15, -0.1) is 0 Å². The van der Waals surface area contributed by atoms with Crippen molar-refractivity contribution in [3.63, 3.8) is 0 Å². The zero-order valence-corrected chi connectivity index (χ0v) is 16.2. The van der Waals surface area contributed by atoms with E-state index in [9.17, 15) is 19.1 Å². The van der Waals surface area contributed by atoms with Gasteiger partial charge in [0.15, 0.2) is 0 Å². The number of methoxy groups -OCH3 is 2. The van der Waals surface area contributed by atoms with Gasteiger partial charge in [-0.3, -0.25) is 9.59 Å². The molecule has 1 aliphatic rings. The molecule has 152 valence electrons. The van der Waals surface area contributed by atoms with Crippen molar-refractivity contribution in [2.75, 3.05) is 27.4 Å². The van der Waals surface area contributed by atoms with Crippen molar-refractivity contribution in [1.82, 2.24) is 4.90 Å². The van der Waals surface area contributed by atoms with Crippen LogP contribution in [-0.4, -0.2) is 49.1 Å². The van der Waals surface area contributed by atoms with Crippen LogP contribution in [0.1, 0.15) is 23.6 Å². The zero-order valence-electron chi connectivity index (χ0n) is 16.2. The number of Topliss-reactive ketones (excluding diaryl/α,β-unsaturated/α-hetero) is 1.